The number of benzene rings is 4. The first-order chi connectivity index (χ1) is 18.5. The Hall–Kier alpha value is -3.70. The monoisotopic (exact) mass is 587 g/mol. The van der Waals surface area contributed by atoms with Gasteiger partial charge in [-0.25, -0.2) is 0 Å². The molecular formula is C27H23Cl2N3O6S. The summed E-state index contributed by atoms with van der Waals surface area (Å²) in [5.74, 6) is -0.666. The predicted molar refractivity (Wildman–Crippen MR) is 151 cm³/mol. The Labute approximate surface area is 234 Å². The second kappa shape index (κ2) is 11.6. The minimum atomic E-state index is -4.56. The third-order valence-electron chi connectivity index (χ3n) is 5.78. The smallest absolute Gasteiger partial charge is 0.294 e. The number of azo groups is 1. The van der Waals surface area contributed by atoms with Crippen molar-refractivity contribution >= 4 is 67.1 Å². The van der Waals surface area contributed by atoms with Crippen molar-refractivity contribution in [3.05, 3.63) is 81.8 Å². The molecule has 1 amide bonds. The Morgan fingerprint density at radius 3 is 2.44 bits per heavy atom. The van der Waals surface area contributed by atoms with E-state index in [-0.39, 0.29) is 22.0 Å². The molecule has 0 bridgehead atoms. The number of fused-ring (bicyclic) bond motifs is 1. The van der Waals surface area contributed by atoms with Crippen LogP contribution in [0.5, 0.6) is 11.5 Å². The molecule has 12 heteroatoms. The van der Waals surface area contributed by atoms with Crippen molar-refractivity contribution in [2.24, 2.45) is 10.2 Å². The Bertz CT molecular complexity index is 1720. The van der Waals surface area contributed by atoms with Crippen LogP contribution < -0.4 is 10.1 Å². The highest BCUT2D eigenvalue weighted by Crippen LogP contribution is 2.41. The summed E-state index contributed by atoms with van der Waals surface area (Å²) in [7, 11) is -4.56. The molecule has 4 aromatic rings. The maximum absolute atomic E-state index is 13.2. The molecule has 0 atom stereocenters. The molecule has 0 unspecified atom stereocenters. The third-order valence-corrected chi connectivity index (χ3v) is 7.26. The average Bonchev–Trinajstić information content (AvgIpc) is 2.89. The number of nitrogens with zero attached hydrogens (tertiary/aromatic N) is 2. The molecule has 0 heterocycles. The van der Waals surface area contributed by atoms with Gasteiger partial charge in [0.15, 0.2) is 5.75 Å². The van der Waals surface area contributed by atoms with E-state index in [0.717, 1.165) is 12.1 Å². The number of hydrogen-bond donors (Lipinski definition) is 3. The van der Waals surface area contributed by atoms with Crippen molar-refractivity contribution in [1.82, 2.24) is 0 Å². The van der Waals surface area contributed by atoms with Gasteiger partial charge in [-0.3, -0.25) is 9.35 Å². The SMILES string of the molecule is CCOc1cc(NC(=O)c2cc3ccccc3c(N=Nc3cc(S(=O)(=O)O)cc(Cl)c3CC)c2O)ccc1Cl. The topological polar surface area (TPSA) is 138 Å². The van der Waals surface area contributed by atoms with Crippen LogP contribution in [0, 0.1) is 0 Å². The van der Waals surface area contributed by atoms with Crippen molar-refractivity contribution in [2.75, 3.05) is 11.9 Å². The number of phenolic OH excluding ortho intramolecular Hbond substituents is 1. The van der Waals surface area contributed by atoms with Crippen LogP contribution in [-0.4, -0.2) is 30.6 Å². The highest BCUT2D eigenvalue weighted by atomic mass is 35.5. The van der Waals surface area contributed by atoms with E-state index in [1.54, 1.807) is 56.3 Å². The first kappa shape index (κ1) is 28.3. The molecule has 202 valence electrons. The molecule has 3 N–H and O–H groups in total. The van der Waals surface area contributed by atoms with Crippen LogP contribution >= 0.6 is 23.2 Å². The Morgan fingerprint density at radius 1 is 1.00 bits per heavy atom. The van der Waals surface area contributed by atoms with Gasteiger partial charge < -0.3 is 15.2 Å². The van der Waals surface area contributed by atoms with Gasteiger partial charge in [-0.05, 0) is 54.6 Å². The highest BCUT2D eigenvalue weighted by molar-refractivity contribution is 7.85. The molecule has 0 spiro atoms. The maximum atomic E-state index is 13.2. The van der Waals surface area contributed by atoms with Crippen LogP contribution in [0.3, 0.4) is 0 Å². The number of aromatic hydroxyl groups is 1. The van der Waals surface area contributed by atoms with Gasteiger partial charge in [0.2, 0.25) is 0 Å². The fourth-order valence-corrected chi connectivity index (χ4v) is 5.04. The summed E-state index contributed by atoms with van der Waals surface area (Å²) in [5, 5.41) is 23.8. The second-order valence-corrected chi connectivity index (χ2v) is 10.5. The second-order valence-electron chi connectivity index (χ2n) is 8.31. The van der Waals surface area contributed by atoms with Crippen molar-refractivity contribution in [3.8, 4) is 11.5 Å². The normalized spacial score (nSPS) is 11.7. The van der Waals surface area contributed by atoms with E-state index < -0.39 is 26.7 Å². The molecule has 0 fully saturated rings. The average molecular weight is 588 g/mol. The zero-order valence-corrected chi connectivity index (χ0v) is 23.1. The predicted octanol–water partition coefficient (Wildman–Crippen LogP) is 7.73. The van der Waals surface area contributed by atoms with Crippen molar-refractivity contribution in [3.63, 3.8) is 0 Å². The van der Waals surface area contributed by atoms with E-state index in [2.05, 4.69) is 15.5 Å². The molecule has 0 aromatic heterocycles. The van der Waals surface area contributed by atoms with Gasteiger partial charge in [0.25, 0.3) is 16.0 Å². The van der Waals surface area contributed by atoms with Gasteiger partial charge in [0, 0.05) is 22.2 Å². The van der Waals surface area contributed by atoms with Crippen molar-refractivity contribution in [2.45, 2.75) is 25.2 Å². The first-order valence-electron chi connectivity index (χ1n) is 11.7. The lowest BCUT2D eigenvalue weighted by Gasteiger charge is -2.13. The summed E-state index contributed by atoms with van der Waals surface area (Å²) < 4.78 is 38.4. The lowest BCUT2D eigenvalue weighted by molar-refractivity contribution is 0.102. The number of carbonyl (C=O) groups excluding carboxylic acids is 1. The molecule has 39 heavy (non-hydrogen) atoms. The lowest BCUT2D eigenvalue weighted by atomic mass is 10.0. The maximum Gasteiger partial charge on any atom is 0.294 e. The van der Waals surface area contributed by atoms with E-state index >= 15 is 0 Å². The standard InChI is InChI=1S/C27H23Cl2N3O6S/c1-3-18-22(29)13-17(39(35,36)37)14-23(18)31-32-25-19-8-6-5-7-15(19)11-20(26(25)33)27(34)30-16-9-10-21(28)24(12-16)38-4-2/h5-14,33H,3-4H2,1-2H3,(H,30,34)(H,35,36,37). The van der Waals surface area contributed by atoms with Gasteiger partial charge in [0.1, 0.15) is 11.4 Å². The molecule has 4 aromatic carbocycles. The van der Waals surface area contributed by atoms with Crippen molar-refractivity contribution in [1.29, 1.82) is 0 Å². The molecule has 9 nitrogen and oxygen atoms in total. The fraction of sp³-hybridized carbons (Fsp3) is 0.148. The summed E-state index contributed by atoms with van der Waals surface area (Å²) >= 11 is 12.4. The van der Waals surface area contributed by atoms with Gasteiger partial charge in [-0.15, -0.1) is 5.11 Å². The van der Waals surface area contributed by atoms with Crippen LogP contribution in [0.15, 0.2) is 75.8 Å². The summed E-state index contributed by atoms with van der Waals surface area (Å²) in [6, 6.07) is 15.5. The van der Waals surface area contributed by atoms with Crippen LogP contribution in [0.2, 0.25) is 10.0 Å². The Balaban J connectivity index is 1.80. The van der Waals surface area contributed by atoms with Crippen LogP contribution in [0.25, 0.3) is 10.8 Å². The third kappa shape index (κ3) is 6.15. The summed E-state index contributed by atoms with van der Waals surface area (Å²) in [6.45, 7) is 3.98. The summed E-state index contributed by atoms with van der Waals surface area (Å²) in [6.07, 6.45) is 0.388. The van der Waals surface area contributed by atoms with E-state index in [0.29, 0.717) is 45.8 Å². The highest BCUT2D eigenvalue weighted by Gasteiger charge is 2.20. The Kier molecular flexibility index (Phi) is 8.41. The number of halogens is 2. The molecule has 0 aliphatic heterocycles. The number of rotatable bonds is 8. The number of nitrogens with one attached hydrogen (secondary N) is 1. The van der Waals surface area contributed by atoms with Crippen LogP contribution in [0.1, 0.15) is 29.8 Å². The van der Waals surface area contributed by atoms with Gasteiger partial charge in [-0.1, -0.05) is 54.4 Å². The van der Waals surface area contributed by atoms with Crippen LogP contribution in [0.4, 0.5) is 17.1 Å². The van der Waals surface area contributed by atoms with E-state index in [4.69, 9.17) is 27.9 Å². The minimum Gasteiger partial charge on any atom is -0.505 e. The molecular weight excluding hydrogens is 565 g/mol. The van der Waals surface area contributed by atoms with E-state index in [9.17, 15) is 22.9 Å². The molecule has 0 saturated heterocycles. The van der Waals surface area contributed by atoms with Crippen molar-refractivity contribution < 1.29 is 27.6 Å². The Morgan fingerprint density at radius 2 is 1.74 bits per heavy atom. The van der Waals surface area contributed by atoms with E-state index in [1.807, 2.05) is 0 Å². The number of phenols is 1. The lowest BCUT2D eigenvalue weighted by Crippen LogP contribution is -2.12. The van der Waals surface area contributed by atoms with E-state index in [1.165, 1.54) is 6.07 Å². The summed E-state index contributed by atoms with van der Waals surface area (Å²) in [4.78, 5) is 12.8. The van der Waals surface area contributed by atoms with Crippen LogP contribution in [-0.2, 0) is 16.5 Å². The number of ether oxygens (including phenoxy) is 1. The van der Waals surface area contributed by atoms with Gasteiger partial charge in [0.05, 0.1) is 27.8 Å². The number of amides is 1. The molecule has 0 aliphatic rings. The van der Waals surface area contributed by atoms with Gasteiger partial charge >= 0.3 is 0 Å². The molecule has 0 aliphatic carbocycles. The largest absolute Gasteiger partial charge is 0.505 e. The fourth-order valence-electron chi connectivity index (χ4n) is 3.93. The van der Waals surface area contributed by atoms with Gasteiger partial charge in [-0.2, -0.15) is 13.5 Å². The molecule has 4 rings (SSSR count). The summed E-state index contributed by atoms with van der Waals surface area (Å²) in [5.41, 5.74) is 0.877. The zero-order chi connectivity index (χ0) is 28.3. The number of hydrogen-bond acceptors (Lipinski definition) is 7. The number of carbonyl (C=O) groups is 1. The zero-order valence-electron chi connectivity index (χ0n) is 20.8. The quantitative estimate of drug-likeness (QED) is 0.142. The molecule has 0 radical (unpaired) electrons. The molecule has 0 saturated carbocycles. The minimum absolute atomic E-state index is 0.0141. The number of anilines is 1. The first-order valence-corrected chi connectivity index (χ1v) is 13.9.